The molecule has 1 aromatic carbocycles. The number of carbonyl (C=O) groups is 1. The maximum Gasteiger partial charge on any atom is 0.411 e. The van der Waals surface area contributed by atoms with E-state index in [4.69, 9.17) is 0 Å². The standard InChI is InChI=1S/C13H20N2O2/c1-9(2)10(3)14-11-5-7-12(8-6-11)15-13(16)17-4/h5-10,14H,1-4H3,(H,15,16). The van der Waals surface area contributed by atoms with Gasteiger partial charge in [-0.1, -0.05) is 13.8 Å². The van der Waals surface area contributed by atoms with E-state index in [0.29, 0.717) is 12.0 Å². The van der Waals surface area contributed by atoms with Crippen molar-refractivity contribution in [1.82, 2.24) is 0 Å². The van der Waals surface area contributed by atoms with Gasteiger partial charge in [0.25, 0.3) is 0 Å². The van der Waals surface area contributed by atoms with Gasteiger partial charge in [0, 0.05) is 17.4 Å². The summed E-state index contributed by atoms with van der Waals surface area (Å²) in [6.07, 6.45) is -0.457. The molecule has 17 heavy (non-hydrogen) atoms. The Hall–Kier alpha value is -1.71. The van der Waals surface area contributed by atoms with Crippen molar-refractivity contribution in [3.05, 3.63) is 24.3 Å². The number of amides is 1. The largest absolute Gasteiger partial charge is 0.453 e. The molecule has 0 aliphatic heterocycles. The van der Waals surface area contributed by atoms with Crippen LogP contribution in [0.1, 0.15) is 20.8 Å². The first-order chi connectivity index (χ1) is 8.02. The highest BCUT2D eigenvalue weighted by Gasteiger charge is 2.06. The average molecular weight is 236 g/mol. The predicted molar refractivity (Wildman–Crippen MR) is 70.4 cm³/mol. The molecule has 0 aromatic heterocycles. The van der Waals surface area contributed by atoms with Crippen molar-refractivity contribution in [3.8, 4) is 0 Å². The molecule has 0 aliphatic rings. The summed E-state index contributed by atoms with van der Waals surface area (Å²) in [6.45, 7) is 6.49. The highest BCUT2D eigenvalue weighted by molar-refractivity contribution is 5.84. The first kappa shape index (κ1) is 13.4. The second kappa shape index (κ2) is 6.13. The van der Waals surface area contributed by atoms with Crippen LogP contribution in [0.25, 0.3) is 0 Å². The second-order valence-corrected chi connectivity index (χ2v) is 4.37. The molecule has 0 radical (unpaired) electrons. The normalized spacial score (nSPS) is 12.1. The Bertz CT molecular complexity index is 360. The van der Waals surface area contributed by atoms with Crippen molar-refractivity contribution in [2.45, 2.75) is 26.8 Å². The van der Waals surface area contributed by atoms with Gasteiger partial charge < -0.3 is 10.1 Å². The minimum absolute atomic E-state index is 0.411. The van der Waals surface area contributed by atoms with Crippen LogP contribution in [0.5, 0.6) is 0 Å². The first-order valence-electron chi connectivity index (χ1n) is 5.74. The summed E-state index contributed by atoms with van der Waals surface area (Å²) < 4.78 is 4.51. The van der Waals surface area contributed by atoms with Gasteiger partial charge in [-0.05, 0) is 37.1 Å². The molecule has 0 aliphatic carbocycles. The molecule has 0 heterocycles. The van der Waals surface area contributed by atoms with Gasteiger partial charge in [0.1, 0.15) is 0 Å². The molecule has 0 saturated heterocycles. The van der Waals surface area contributed by atoms with E-state index in [1.165, 1.54) is 7.11 Å². The van der Waals surface area contributed by atoms with Gasteiger partial charge in [0.15, 0.2) is 0 Å². The van der Waals surface area contributed by atoms with E-state index in [1.807, 2.05) is 24.3 Å². The van der Waals surface area contributed by atoms with E-state index < -0.39 is 6.09 Å². The molecule has 1 rings (SSSR count). The van der Waals surface area contributed by atoms with Crippen LogP contribution < -0.4 is 10.6 Å². The van der Waals surface area contributed by atoms with Crippen molar-refractivity contribution in [2.24, 2.45) is 5.92 Å². The zero-order valence-electron chi connectivity index (χ0n) is 10.8. The summed E-state index contributed by atoms with van der Waals surface area (Å²) in [4.78, 5) is 11.0. The molecule has 0 fully saturated rings. The zero-order valence-corrected chi connectivity index (χ0v) is 10.8. The molecule has 1 atom stereocenters. The molecule has 1 amide bonds. The fourth-order valence-electron chi connectivity index (χ4n) is 1.25. The molecule has 0 spiro atoms. The van der Waals surface area contributed by atoms with Crippen LogP contribution in [0.4, 0.5) is 16.2 Å². The Morgan fingerprint density at radius 2 is 1.65 bits per heavy atom. The Morgan fingerprint density at radius 3 is 2.12 bits per heavy atom. The van der Waals surface area contributed by atoms with Crippen molar-refractivity contribution >= 4 is 17.5 Å². The van der Waals surface area contributed by atoms with E-state index in [1.54, 1.807) is 0 Å². The summed E-state index contributed by atoms with van der Waals surface area (Å²) in [5.41, 5.74) is 1.77. The molecule has 1 unspecified atom stereocenters. The monoisotopic (exact) mass is 236 g/mol. The van der Waals surface area contributed by atoms with E-state index >= 15 is 0 Å². The minimum atomic E-state index is -0.457. The number of hydrogen-bond acceptors (Lipinski definition) is 3. The van der Waals surface area contributed by atoms with Crippen molar-refractivity contribution in [1.29, 1.82) is 0 Å². The van der Waals surface area contributed by atoms with Crippen LogP contribution in [0.3, 0.4) is 0 Å². The highest BCUT2D eigenvalue weighted by Crippen LogP contribution is 2.16. The van der Waals surface area contributed by atoms with Gasteiger partial charge in [-0.25, -0.2) is 4.79 Å². The number of nitrogens with one attached hydrogen (secondary N) is 2. The third kappa shape index (κ3) is 4.34. The second-order valence-electron chi connectivity index (χ2n) is 4.37. The maximum atomic E-state index is 11.0. The van der Waals surface area contributed by atoms with Crippen LogP contribution in [-0.2, 0) is 4.74 Å². The highest BCUT2D eigenvalue weighted by atomic mass is 16.5. The Morgan fingerprint density at radius 1 is 1.12 bits per heavy atom. The van der Waals surface area contributed by atoms with Crippen LogP contribution in [0, 0.1) is 5.92 Å². The van der Waals surface area contributed by atoms with Gasteiger partial charge >= 0.3 is 6.09 Å². The Labute approximate surface area is 102 Å². The molecular formula is C13H20N2O2. The van der Waals surface area contributed by atoms with Gasteiger partial charge in [0.05, 0.1) is 7.11 Å². The molecule has 0 saturated carbocycles. The fourth-order valence-corrected chi connectivity index (χ4v) is 1.25. The lowest BCUT2D eigenvalue weighted by molar-refractivity contribution is 0.187. The van der Waals surface area contributed by atoms with Crippen molar-refractivity contribution < 1.29 is 9.53 Å². The molecule has 0 bridgehead atoms. The van der Waals surface area contributed by atoms with Gasteiger partial charge in [0.2, 0.25) is 0 Å². The van der Waals surface area contributed by atoms with Crippen LogP contribution in [-0.4, -0.2) is 19.2 Å². The summed E-state index contributed by atoms with van der Waals surface area (Å²) in [6, 6.07) is 7.96. The van der Waals surface area contributed by atoms with Crippen LogP contribution in [0.2, 0.25) is 0 Å². The quantitative estimate of drug-likeness (QED) is 0.843. The SMILES string of the molecule is COC(=O)Nc1ccc(NC(C)C(C)C)cc1. The number of methoxy groups -OCH3 is 1. The van der Waals surface area contributed by atoms with Gasteiger partial charge in [-0.2, -0.15) is 0 Å². The maximum absolute atomic E-state index is 11.0. The average Bonchev–Trinajstić information content (AvgIpc) is 2.31. The minimum Gasteiger partial charge on any atom is -0.453 e. The Kier molecular flexibility index (Phi) is 4.82. The summed E-state index contributed by atoms with van der Waals surface area (Å²) in [5, 5.41) is 6.00. The van der Waals surface area contributed by atoms with E-state index in [2.05, 4.69) is 36.1 Å². The number of anilines is 2. The molecule has 4 heteroatoms. The number of rotatable bonds is 4. The number of hydrogen-bond donors (Lipinski definition) is 2. The third-order valence-electron chi connectivity index (χ3n) is 2.71. The topological polar surface area (TPSA) is 50.4 Å². The lowest BCUT2D eigenvalue weighted by atomic mass is 10.1. The van der Waals surface area contributed by atoms with Gasteiger partial charge in [-0.15, -0.1) is 0 Å². The number of ether oxygens (including phenoxy) is 1. The van der Waals surface area contributed by atoms with Crippen LogP contribution in [0.15, 0.2) is 24.3 Å². The van der Waals surface area contributed by atoms with E-state index in [0.717, 1.165) is 11.4 Å². The predicted octanol–water partition coefficient (Wildman–Crippen LogP) is 3.32. The lowest BCUT2D eigenvalue weighted by Gasteiger charge is -2.18. The number of benzene rings is 1. The van der Waals surface area contributed by atoms with E-state index in [-0.39, 0.29) is 0 Å². The smallest absolute Gasteiger partial charge is 0.411 e. The van der Waals surface area contributed by atoms with Gasteiger partial charge in [-0.3, -0.25) is 5.32 Å². The molecular weight excluding hydrogens is 216 g/mol. The third-order valence-corrected chi connectivity index (χ3v) is 2.71. The summed E-state index contributed by atoms with van der Waals surface area (Å²) in [5.74, 6) is 0.572. The van der Waals surface area contributed by atoms with Crippen LogP contribution >= 0.6 is 0 Å². The summed E-state index contributed by atoms with van der Waals surface area (Å²) in [7, 11) is 1.34. The first-order valence-corrected chi connectivity index (χ1v) is 5.74. The molecule has 4 nitrogen and oxygen atoms in total. The van der Waals surface area contributed by atoms with Crippen molar-refractivity contribution in [2.75, 3.05) is 17.7 Å². The molecule has 94 valence electrons. The summed E-state index contributed by atoms with van der Waals surface area (Å²) >= 11 is 0. The lowest BCUT2D eigenvalue weighted by Crippen LogP contribution is -2.21. The fraction of sp³-hybridized carbons (Fsp3) is 0.462. The Balaban J connectivity index is 2.59. The van der Waals surface area contributed by atoms with E-state index in [9.17, 15) is 4.79 Å². The number of carbonyl (C=O) groups excluding carboxylic acids is 1. The van der Waals surface area contributed by atoms with Crippen molar-refractivity contribution in [3.63, 3.8) is 0 Å². The molecule has 1 aromatic rings. The molecule has 2 N–H and O–H groups in total. The zero-order chi connectivity index (χ0) is 12.8.